The maximum atomic E-state index is 13.0. The molecule has 0 radical (unpaired) electrons. The van der Waals surface area contributed by atoms with Crippen LogP contribution >= 0.6 is 0 Å². The van der Waals surface area contributed by atoms with Crippen LogP contribution in [0.5, 0.6) is 17.2 Å². The van der Waals surface area contributed by atoms with Crippen LogP contribution in [0.3, 0.4) is 0 Å². The number of nitriles is 2. The van der Waals surface area contributed by atoms with E-state index in [1.54, 1.807) is 42.5 Å². The molecule has 0 atom stereocenters. The van der Waals surface area contributed by atoms with Gasteiger partial charge in [-0.1, -0.05) is 24.3 Å². The second-order valence-electron chi connectivity index (χ2n) is 5.87. The minimum atomic E-state index is -0.248. The van der Waals surface area contributed by atoms with E-state index in [0.717, 1.165) is 0 Å². The van der Waals surface area contributed by atoms with Crippen molar-refractivity contribution in [2.24, 2.45) is 0 Å². The second-order valence-corrected chi connectivity index (χ2v) is 5.87. The average Bonchev–Trinajstić information content (AvgIpc) is 3.00. The van der Waals surface area contributed by atoms with E-state index in [-0.39, 0.29) is 16.9 Å². The fourth-order valence-electron chi connectivity index (χ4n) is 3.20. The molecule has 1 aliphatic rings. The summed E-state index contributed by atoms with van der Waals surface area (Å²) >= 11 is 0. The number of rotatable bonds is 4. The lowest BCUT2D eigenvalue weighted by atomic mass is 9.98. The third kappa shape index (κ3) is 2.98. The summed E-state index contributed by atoms with van der Waals surface area (Å²) in [6.45, 7) is 0. The number of carbonyl (C=O) groups is 1. The molecule has 6 heteroatoms. The van der Waals surface area contributed by atoms with E-state index in [9.17, 15) is 15.3 Å². The van der Waals surface area contributed by atoms with Gasteiger partial charge in [-0.2, -0.15) is 10.5 Å². The molecule has 28 heavy (non-hydrogen) atoms. The van der Waals surface area contributed by atoms with Gasteiger partial charge in [-0.3, -0.25) is 4.79 Å². The lowest BCUT2D eigenvalue weighted by Crippen LogP contribution is -1.98. The smallest absolute Gasteiger partial charge is 0.203 e. The van der Waals surface area contributed by atoms with Gasteiger partial charge in [-0.25, -0.2) is 0 Å². The Morgan fingerprint density at radius 2 is 1.50 bits per heavy atom. The van der Waals surface area contributed by atoms with Gasteiger partial charge in [0.2, 0.25) is 5.75 Å². The van der Waals surface area contributed by atoms with Gasteiger partial charge in [0, 0.05) is 16.7 Å². The Bertz CT molecular complexity index is 1070. The van der Waals surface area contributed by atoms with Crippen molar-refractivity contribution in [2.45, 2.75) is 0 Å². The standard InChI is InChI=1S/C22H16N2O4/c1-26-18-9-13(10-19(27-2)22(18)28-3)8-17-20(14(11-23)12-24)15-6-4-5-7-16(15)21(17)25/h4-10H,1-3H3. The van der Waals surface area contributed by atoms with E-state index >= 15 is 0 Å². The van der Waals surface area contributed by atoms with Crippen LogP contribution < -0.4 is 14.2 Å². The van der Waals surface area contributed by atoms with Gasteiger partial charge in [0.05, 0.1) is 21.3 Å². The molecule has 2 aromatic carbocycles. The van der Waals surface area contributed by atoms with Gasteiger partial charge in [0.1, 0.15) is 17.7 Å². The third-order valence-corrected chi connectivity index (χ3v) is 4.43. The van der Waals surface area contributed by atoms with E-state index in [2.05, 4.69) is 0 Å². The van der Waals surface area contributed by atoms with E-state index in [0.29, 0.717) is 39.5 Å². The van der Waals surface area contributed by atoms with Gasteiger partial charge >= 0.3 is 0 Å². The van der Waals surface area contributed by atoms with Gasteiger partial charge in [0.15, 0.2) is 17.3 Å². The first-order chi connectivity index (χ1) is 13.6. The number of benzene rings is 2. The van der Waals surface area contributed by atoms with Crippen LogP contribution in [-0.2, 0) is 0 Å². The zero-order valence-corrected chi connectivity index (χ0v) is 15.6. The lowest BCUT2D eigenvalue weighted by molar-refractivity contribution is 0.104. The summed E-state index contributed by atoms with van der Waals surface area (Å²) in [6.07, 6.45) is 1.62. The molecule has 138 valence electrons. The Balaban J connectivity index is 2.27. The number of ketones is 1. The Morgan fingerprint density at radius 1 is 0.929 bits per heavy atom. The second kappa shape index (κ2) is 7.69. The Kier molecular flexibility index (Phi) is 5.15. The average molecular weight is 372 g/mol. The van der Waals surface area contributed by atoms with E-state index in [1.165, 1.54) is 21.3 Å². The highest BCUT2D eigenvalue weighted by atomic mass is 16.5. The zero-order valence-electron chi connectivity index (χ0n) is 15.6. The number of Topliss-reactive ketones (excluding diaryl/α,β-unsaturated/α-hetero) is 1. The van der Waals surface area contributed by atoms with Crippen molar-refractivity contribution in [3.8, 4) is 29.4 Å². The minimum absolute atomic E-state index is 0.114. The number of fused-ring (bicyclic) bond motifs is 1. The molecule has 0 aromatic heterocycles. The molecule has 0 amide bonds. The molecule has 1 aliphatic carbocycles. The number of ether oxygens (including phenoxy) is 3. The maximum absolute atomic E-state index is 13.0. The molecule has 2 aromatic rings. The highest BCUT2D eigenvalue weighted by Crippen LogP contribution is 2.42. The van der Waals surface area contributed by atoms with Crippen molar-refractivity contribution in [1.29, 1.82) is 10.5 Å². The van der Waals surface area contributed by atoms with Gasteiger partial charge in [-0.15, -0.1) is 0 Å². The fraction of sp³-hybridized carbons (Fsp3) is 0.136. The largest absolute Gasteiger partial charge is 0.493 e. The number of nitrogens with zero attached hydrogens (tertiary/aromatic N) is 2. The molecule has 3 rings (SSSR count). The molecular formula is C22H16N2O4. The predicted molar refractivity (Wildman–Crippen MR) is 103 cm³/mol. The first-order valence-corrected chi connectivity index (χ1v) is 8.30. The van der Waals surface area contributed by atoms with Gasteiger partial charge in [-0.05, 0) is 29.3 Å². The van der Waals surface area contributed by atoms with Gasteiger partial charge < -0.3 is 14.2 Å². The molecule has 6 nitrogen and oxygen atoms in total. The highest BCUT2D eigenvalue weighted by Gasteiger charge is 2.32. The van der Waals surface area contributed by atoms with Crippen molar-refractivity contribution in [3.05, 3.63) is 64.2 Å². The van der Waals surface area contributed by atoms with Crippen LogP contribution in [-0.4, -0.2) is 27.1 Å². The summed E-state index contributed by atoms with van der Waals surface area (Å²) in [5.41, 5.74) is 2.13. The number of hydrogen-bond donors (Lipinski definition) is 0. The van der Waals surface area contributed by atoms with Crippen molar-refractivity contribution >= 4 is 17.4 Å². The molecule has 0 saturated carbocycles. The Morgan fingerprint density at radius 3 is 2.00 bits per heavy atom. The van der Waals surface area contributed by atoms with Crippen LogP contribution in [0.25, 0.3) is 11.6 Å². The number of hydrogen-bond acceptors (Lipinski definition) is 6. The number of methoxy groups -OCH3 is 3. The van der Waals surface area contributed by atoms with Crippen LogP contribution in [0.1, 0.15) is 21.5 Å². The van der Waals surface area contributed by atoms with Crippen LogP contribution in [0.2, 0.25) is 0 Å². The molecule has 0 N–H and O–H groups in total. The number of allylic oxidation sites excluding steroid dienone is 3. The van der Waals surface area contributed by atoms with Crippen LogP contribution in [0.15, 0.2) is 47.5 Å². The lowest BCUT2D eigenvalue weighted by Gasteiger charge is -2.13. The van der Waals surface area contributed by atoms with E-state index in [4.69, 9.17) is 14.2 Å². The Labute approximate surface area is 162 Å². The summed E-state index contributed by atoms with van der Waals surface area (Å²) in [4.78, 5) is 13.0. The minimum Gasteiger partial charge on any atom is -0.493 e. The summed E-state index contributed by atoms with van der Waals surface area (Å²) in [7, 11) is 4.50. The monoisotopic (exact) mass is 372 g/mol. The first kappa shape index (κ1) is 18.8. The van der Waals surface area contributed by atoms with Crippen molar-refractivity contribution < 1.29 is 19.0 Å². The van der Waals surface area contributed by atoms with Crippen molar-refractivity contribution in [2.75, 3.05) is 21.3 Å². The molecular weight excluding hydrogens is 356 g/mol. The SMILES string of the molecule is COc1cc(C=C2C(=O)c3ccccc3C2=C(C#N)C#N)cc(OC)c1OC. The first-order valence-electron chi connectivity index (χ1n) is 8.30. The predicted octanol–water partition coefficient (Wildman–Crippen LogP) is 3.79. The van der Waals surface area contributed by atoms with Crippen molar-refractivity contribution in [1.82, 2.24) is 0 Å². The normalized spacial score (nSPS) is 13.5. The quantitative estimate of drug-likeness (QED) is 0.599. The highest BCUT2D eigenvalue weighted by molar-refractivity contribution is 6.29. The molecule has 0 saturated heterocycles. The molecule has 0 aliphatic heterocycles. The topological polar surface area (TPSA) is 92.3 Å². The molecule has 0 heterocycles. The number of carbonyl (C=O) groups excluding carboxylic acids is 1. The maximum Gasteiger partial charge on any atom is 0.203 e. The zero-order chi connectivity index (χ0) is 20.3. The molecule has 0 unspecified atom stereocenters. The van der Waals surface area contributed by atoms with E-state index < -0.39 is 0 Å². The van der Waals surface area contributed by atoms with Crippen LogP contribution in [0, 0.1) is 22.7 Å². The molecule has 0 fully saturated rings. The Hall–Kier alpha value is -4.03. The van der Waals surface area contributed by atoms with E-state index in [1.807, 2.05) is 12.1 Å². The fourth-order valence-corrected chi connectivity index (χ4v) is 3.20. The summed E-state index contributed by atoms with van der Waals surface area (Å²) < 4.78 is 16.0. The summed E-state index contributed by atoms with van der Waals surface area (Å²) in [6, 6.07) is 14.1. The van der Waals surface area contributed by atoms with Crippen molar-refractivity contribution in [3.63, 3.8) is 0 Å². The van der Waals surface area contributed by atoms with Crippen LogP contribution in [0.4, 0.5) is 0 Å². The third-order valence-electron chi connectivity index (χ3n) is 4.43. The summed E-state index contributed by atoms with van der Waals surface area (Å²) in [5.74, 6) is 1.05. The molecule has 0 spiro atoms. The van der Waals surface area contributed by atoms with Gasteiger partial charge in [0.25, 0.3) is 0 Å². The summed E-state index contributed by atoms with van der Waals surface area (Å²) in [5, 5.41) is 18.8. The molecule has 0 bridgehead atoms.